The number of amides is 4. The van der Waals surface area contributed by atoms with Gasteiger partial charge in [0.05, 0.1) is 39.9 Å². The van der Waals surface area contributed by atoms with Gasteiger partial charge in [0, 0.05) is 43.8 Å². The molecule has 4 amide bonds. The number of ether oxygens (including phenoxy) is 1. The Morgan fingerprint density at radius 1 is 1.02 bits per heavy atom. The van der Waals surface area contributed by atoms with Crippen LogP contribution in [-0.2, 0) is 19.2 Å². The predicted molar refractivity (Wildman–Crippen MR) is 175 cm³/mol. The molecule has 1 saturated carbocycles. The van der Waals surface area contributed by atoms with Gasteiger partial charge in [0.1, 0.15) is 11.5 Å². The summed E-state index contributed by atoms with van der Waals surface area (Å²) in [5.74, 6) is -7.72. The molecule has 15 nitrogen and oxygen atoms in total. The fourth-order valence-corrected chi connectivity index (χ4v) is 9.12. The summed E-state index contributed by atoms with van der Waals surface area (Å²) in [5, 5.41) is 35.2. The van der Waals surface area contributed by atoms with E-state index in [1.165, 1.54) is 44.3 Å². The first kappa shape index (κ1) is 33.6. The average Bonchev–Trinajstić information content (AvgIpc) is 3.37. The van der Waals surface area contributed by atoms with Crippen molar-refractivity contribution in [1.82, 2.24) is 4.90 Å². The first-order valence-corrected chi connectivity index (χ1v) is 16.3. The number of fused-ring (bicyclic) bond motifs is 4. The molecular weight excluding hydrogens is 741 g/mol. The Morgan fingerprint density at radius 2 is 1.65 bits per heavy atom. The van der Waals surface area contributed by atoms with Crippen molar-refractivity contribution < 1.29 is 38.9 Å². The highest BCUT2D eigenvalue weighted by molar-refractivity contribution is 9.09. The number of aromatic hydroxyl groups is 1. The Labute approximate surface area is 290 Å². The second-order valence-electron chi connectivity index (χ2n) is 12.2. The van der Waals surface area contributed by atoms with Crippen molar-refractivity contribution in [2.24, 2.45) is 17.8 Å². The maximum Gasteiger partial charge on any atom is 0.301 e. The minimum Gasteiger partial charge on any atom is -0.508 e. The number of halogens is 3. The lowest BCUT2D eigenvalue weighted by Gasteiger charge is -2.50. The molecule has 2 heterocycles. The van der Waals surface area contributed by atoms with Crippen molar-refractivity contribution in [2.45, 2.75) is 28.5 Å². The standard InChI is InChI=1S/C30H26BrCl2N5O10/c1-34(2)24-19(37(44)45)8-13(9-20(24)38(46)47)36-25(40)17-7-6-15-18(22(17)26(36)41)11-29(32)27(42)35(12-31)28(43)30(29,33)23(15)16-5-4-14(48-3)10-21(16)39/h4-6,8-10,17-18,22-23,39H,7,11-12H2,1-3H3/t17-,18+,22-,23+,29+,30-/m0/s1. The van der Waals surface area contributed by atoms with Crippen molar-refractivity contribution in [2.75, 3.05) is 36.5 Å². The van der Waals surface area contributed by atoms with E-state index >= 15 is 0 Å². The number of nitro groups is 2. The lowest BCUT2D eigenvalue weighted by Crippen LogP contribution is -2.60. The minimum absolute atomic E-state index is 0.0441. The highest BCUT2D eigenvalue weighted by atomic mass is 79.9. The maximum atomic E-state index is 14.3. The highest BCUT2D eigenvalue weighted by Crippen LogP contribution is 2.66. The molecule has 0 radical (unpaired) electrons. The zero-order chi connectivity index (χ0) is 35.2. The number of anilines is 2. The minimum atomic E-state index is -2.16. The van der Waals surface area contributed by atoms with E-state index in [2.05, 4.69) is 15.9 Å². The molecule has 2 aromatic rings. The van der Waals surface area contributed by atoms with Crippen LogP contribution in [0.5, 0.6) is 11.5 Å². The van der Waals surface area contributed by atoms with Gasteiger partial charge in [0.25, 0.3) is 11.8 Å². The summed E-state index contributed by atoms with van der Waals surface area (Å²) in [4.78, 5) is 76.8. The van der Waals surface area contributed by atoms with Gasteiger partial charge >= 0.3 is 11.4 Å². The van der Waals surface area contributed by atoms with Gasteiger partial charge < -0.3 is 14.7 Å². The number of likely N-dealkylation sites (tertiary alicyclic amines) is 1. The highest BCUT2D eigenvalue weighted by Gasteiger charge is 2.76. The van der Waals surface area contributed by atoms with Crippen molar-refractivity contribution in [1.29, 1.82) is 0 Å². The van der Waals surface area contributed by atoms with Gasteiger partial charge in [-0.1, -0.05) is 33.6 Å². The Balaban J connectivity index is 1.52. The fraction of sp³-hybridized carbons (Fsp3) is 0.400. The van der Waals surface area contributed by atoms with E-state index in [4.69, 9.17) is 27.9 Å². The average molecular weight is 767 g/mol. The number of phenols is 1. The molecule has 48 heavy (non-hydrogen) atoms. The summed E-state index contributed by atoms with van der Waals surface area (Å²) in [7, 11) is 4.15. The van der Waals surface area contributed by atoms with Crippen LogP contribution in [0.15, 0.2) is 42.0 Å². The number of carbonyl (C=O) groups is 4. The van der Waals surface area contributed by atoms with Crippen molar-refractivity contribution >= 4 is 85.5 Å². The van der Waals surface area contributed by atoms with Gasteiger partial charge in [-0.2, -0.15) is 0 Å². The third-order valence-corrected chi connectivity index (χ3v) is 11.6. The SMILES string of the molecule is COc1ccc([C@H]2C3=CC[C@@H]4C(=O)N(c5cc([N+](=O)[O-])c(N(C)C)c([N+](=O)[O-])c5)C(=O)[C@@H]4[C@@H]3C[C@@]3(Cl)C(=O)N(CBr)C(=O)[C@@]23Cl)c(O)c1. The number of hydrogen-bond acceptors (Lipinski definition) is 11. The lowest BCUT2D eigenvalue weighted by atomic mass is 9.56. The van der Waals surface area contributed by atoms with Crippen LogP contribution in [0, 0.1) is 38.0 Å². The topological polar surface area (TPSA) is 194 Å². The zero-order valence-corrected chi connectivity index (χ0v) is 28.5. The van der Waals surface area contributed by atoms with E-state index < -0.39 is 78.3 Å². The number of imide groups is 2. The molecule has 18 heteroatoms. The number of methoxy groups -OCH3 is 1. The molecular formula is C30H26BrCl2N5O10. The van der Waals surface area contributed by atoms with Crippen LogP contribution in [0.1, 0.15) is 24.3 Å². The van der Waals surface area contributed by atoms with E-state index in [1.807, 2.05) is 0 Å². The Hall–Kier alpha value is -4.28. The van der Waals surface area contributed by atoms with Crippen LogP contribution in [0.25, 0.3) is 0 Å². The van der Waals surface area contributed by atoms with Gasteiger partial charge in [-0.3, -0.25) is 44.3 Å². The number of nitro benzene ring substituents is 2. The van der Waals surface area contributed by atoms with Crippen molar-refractivity contribution in [3.63, 3.8) is 0 Å². The summed E-state index contributed by atoms with van der Waals surface area (Å²) in [6.45, 7) is 0. The molecule has 0 aromatic heterocycles. The molecule has 4 aliphatic rings. The molecule has 0 unspecified atom stereocenters. The molecule has 2 aliphatic carbocycles. The molecule has 6 atom stereocenters. The number of hydrogen-bond donors (Lipinski definition) is 1. The van der Waals surface area contributed by atoms with E-state index in [1.54, 1.807) is 6.08 Å². The monoisotopic (exact) mass is 765 g/mol. The molecule has 3 fully saturated rings. The summed E-state index contributed by atoms with van der Waals surface area (Å²) in [6.07, 6.45) is 1.25. The normalized spacial score (nSPS) is 29.3. The molecule has 2 saturated heterocycles. The van der Waals surface area contributed by atoms with E-state index in [9.17, 15) is 44.5 Å². The maximum absolute atomic E-state index is 14.3. The summed E-state index contributed by atoms with van der Waals surface area (Å²) in [5.41, 5.74) is -1.80. The van der Waals surface area contributed by atoms with E-state index in [0.29, 0.717) is 10.5 Å². The third kappa shape index (κ3) is 4.38. The molecule has 0 spiro atoms. The number of alkyl halides is 3. The van der Waals surface area contributed by atoms with Crippen molar-refractivity contribution in [3.8, 4) is 11.5 Å². The molecule has 2 aliphatic heterocycles. The summed E-state index contributed by atoms with van der Waals surface area (Å²) < 4.78 is 5.21. The van der Waals surface area contributed by atoms with Crippen LogP contribution in [0.3, 0.4) is 0 Å². The lowest BCUT2D eigenvalue weighted by molar-refractivity contribution is -0.392. The first-order valence-electron chi connectivity index (χ1n) is 14.4. The fourth-order valence-electron chi connectivity index (χ4n) is 7.70. The van der Waals surface area contributed by atoms with Crippen LogP contribution in [0.2, 0.25) is 0 Å². The molecule has 2 aromatic carbocycles. The molecule has 1 N–H and O–H groups in total. The molecule has 0 bridgehead atoms. The number of benzene rings is 2. The Morgan fingerprint density at radius 3 is 2.17 bits per heavy atom. The van der Waals surface area contributed by atoms with E-state index in [-0.39, 0.29) is 46.7 Å². The van der Waals surface area contributed by atoms with Gasteiger partial charge in [0.2, 0.25) is 11.8 Å². The van der Waals surface area contributed by atoms with Crippen LogP contribution < -0.4 is 14.5 Å². The third-order valence-electron chi connectivity index (χ3n) is 9.72. The number of allylic oxidation sites excluding steroid dienone is 2. The Bertz CT molecular complexity index is 1850. The smallest absolute Gasteiger partial charge is 0.301 e. The second kappa shape index (κ2) is 11.4. The van der Waals surface area contributed by atoms with Gasteiger partial charge in [-0.25, -0.2) is 4.90 Å². The van der Waals surface area contributed by atoms with Crippen molar-refractivity contribution in [3.05, 3.63) is 67.8 Å². The quantitative estimate of drug-likeness (QED) is 0.106. The summed E-state index contributed by atoms with van der Waals surface area (Å²) in [6, 6.07) is 6.16. The van der Waals surface area contributed by atoms with Crippen LogP contribution in [-0.4, -0.2) is 79.9 Å². The number of carbonyl (C=O) groups excluding carboxylic acids is 4. The molecule has 252 valence electrons. The molecule has 6 rings (SSSR count). The zero-order valence-electron chi connectivity index (χ0n) is 25.4. The van der Waals surface area contributed by atoms with Gasteiger partial charge in [-0.15, -0.1) is 23.2 Å². The first-order chi connectivity index (χ1) is 22.5. The Kier molecular flexibility index (Phi) is 7.99. The number of nitrogens with zero attached hydrogens (tertiary/aromatic N) is 5. The predicted octanol–water partition coefficient (Wildman–Crippen LogP) is 4.20. The largest absolute Gasteiger partial charge is 0.508 e. The van der Waals surface area contributed by atoms with Gasteiger partial charge in [0.15, 0.2) is 15.4 Å². The van der Waals surface area contributed by atoms with E-state index in [0.717, 1.165) is 17.0 Å². The summed E-state index contributed by atoms with van der Waals surface area (Å²) >= 11 is 17.5. The van der Waals surface area contributed by atoms with Crippen LogP contribution >= 0.6 is 39.1 Å². The van der Waals surface area contributed by atoms with Gasteiger partial charge in [-0.05, 0) is 24.8 Å². The number of phenolic OH excluding ortho intramolecular Hbond substituents is 1. The van der Waals surface area contributed by atoms with Crippen LogP contribution in [0.4, 0.5) is 22.7 Å². The number of rotatable bonds is 7. The second-order valence-corrected chi connectivity index (χ2v) is 13.9.